The Morgan fingerprint density at radius 2 is 1.83 bits per heavy atom. The fourth-order valence-electron chi connectivity index (χ4n) is 2.31. The van der Waals surface area contributed by atoms with Crippen molar-refractivity contribution in [3.63, 3.8) is 0 Å². The Balaban J connectivity index is 2.05. The molecular formula is C16H14N2O3S2. The van der Waals surface area contributed by atoms with Gasteiger partial charge in [-0.2, -0.15) is 12.6 Å². The van der Waals surface area contributed by atoms with Gasteiger partial charge in [0.2, 0.25) is 5.91 Å². The van der Waals surface area contributed by atoms with E-state index in [0.29, 0.717) is 11.2 Å². The van der Waals surface area contributed by atoms with Gasteiger partial charge in [0, 0.05) is 17.3 Å². The van der Waals surface area contributed by atoms with E-state index in [2.05, 4.69) is 17.9 Å². The molecule has 3 aromatic rings. The number of amides is 1. The highest BCUT2D eigenvalue weighted by Gasteiger charge is 2.18. The predicted molar refractivity (Wildman–Crippen MR) is 93.4 cm³/mol. The Labute approximate surface area is 139 Å². The molecule has 0 atom stereocenters. The van der Waals surface area contributed by atoms with Crippen molar-refractivity contribution in [3.8, 4) is 0 Å². The van der Waals surface area contributed by atoms with E-state index >= 15 is 0 Å². The van der Waals surface area contributed by atoms with E-state index in [-0.39, 0.29) is 16.6 Å². The van der Waals surface area contributed by atoms with Crippen LogP contribution < -0.4 is 5.32 Å². The van der Waals surface area contributed by atoms with Crippen LogP contribution in [0.5, 0.6) is 0 Å². The van der Waals surface area contributed by atoms with E-state index in [1.54, 1.807) is 54.6 Å². The molecule has 2 aromatic carbocycles. The lowest BCUT2D eigenvalue weighted by molar-refractivity contribution is -0.113. The Hall–Kier alpha value is -2.25. The number of hydrogen-bond acceptors (Lipinski definition) is 4. The number of carbonyl (C=O) groups excluding carboxylic acids is 1. The van der Waals surface area contributed by atoms with Crippen LogP contribution in [0.4, 0.5) is 5.69 Å². The quantitative estimate of drug-likeness (QED) is 0.714. The van der Waals surface area contributed by atoms with E-state index < -0.39 is 10.0 Å². The van der Waals surface area contributed by atoms with Gasteiger partial charge in [0.15, 0.2) is 0 Å². The molecule has 1 N–H and O–H groups in total. The lowest BCUT2D eigenvalue weighted by Crippen LogP contribution is -2.13. The maximum atomic E-state index is 12.7. The summed E-state index contributed by atoms with van der Waals surface area (Å²) in [6.07, 6.45) is 1.51. The van der Waals surface area contributed by atoms with Crippen LogP contribution in [0.2, 0.25) is 0 Å². The predicted octanol–water partition coefficient (Wildman–Crippen LogP) is 2.75. The molecule has 0 bridgehead atoms. The molecule has 5 nitrogen and oxygen atoms in total. The summed E-state index contributed by atoms with van der Waals surface area (Å²) in [5, 5.41) is 3.41. The monoisotopic (exact) mass is 346 g/mol. The molecule has 1 amide bonds. The number of aromatic nitrogens is 1. The maximum absolute atomic E-state index is 12.7. The van der Waals surface area contributed by atoms with Gasteiger partial charge in [-0.3, -0.25) is 4.79 Å². The minimum absolute atomic E-state index is 0.0848. The summed E-state index contributed by atoms with van der Waals surface area (Å²) < 4.78 is 26.6. The van der Waals surface area contributed by atoms with Gasteiger partial charge < -0.3 is 5.32 Å². The number of nitrogens with one attached hydrogen (secondary N) is 1. The zero-order valence-corrected chi connectivity index (χ0v) is 13.7. The van der Waals surface area contributed by atoms with Gasteiger partial charge >= 0.3 is 0 Å². The Morgan fingerprint density at radius 1 is 1.09 bits per heavy atom. The summed E-state index contributed by atoms with van der Waals surface area (Å²) in [4.78, 5) is 11.6. The molecule has 1 aromatic heterocycles. The Bertz CT molecular complexity index is 963. The molecule has 0 aliphatic heterocycles. The third-order valence-corrected chi connectivity index (χ3v) is 5.37. The van der Waals surface area contributed by atoms with Crippen molar-refractivity contribution in [2.75, 3.05) is 11.1 Å². The topological polar surface area (TPSA) is 68.2 Å². The first kappa shape index (κ1) is 15.6. The highest BCUT2D eigenvalue weighted by molar-refractivity contribution is 7.90. The lowest BCUT2D eigenvalue weighted by Gasteiger charge is -2.08. The molecule has 0 aliphatic carbocycles. The number of hydrogen-bond donors (Lipinski definition) is 2. The molecule has 0 spiro atoms. The van der Waals surface area contributed by atoms with E-state index in [9.17, 15) is 13.2 Å². The second-order valence-electron chi connectivity index (χ2n) is 4.91. The van der Waals surface area contributed by atoms with Crippen molar-refractivity contribution in [2.24, 2.45) is 0 Å². The van der Waals surface area contributed by atoms with E-state index in [1.807, 2.05) is 0 Å². The lowest BCUT2D eigenvalue weighted by atomic mass is 10.2. The van der Waals surface area contributed by atoms with Crippen molar-refractivity contribution >= 4 is 45.1 Å². The Morgan fingerprint density at radius 3 is 2.52 bits per heavy atom. The smallest absolute Gasteiger partial charge is 0.268 e. The van der Waals surface area contributed by atoms with Gasteiger partial charge in [-0.05, 0) is 36.4 Å². The molecule has 7 heteroatoms. The van der Waals surface area contributed by atoms with Crippen LogP contribution in [-0.4, -0.2) is 24.1 Å². The molecule has 0 radical (unpaired) electrons. The third-order valence-electron chi connectivity index (χ3n) is 3.38. The van der Waals surface area contributed by atoms with E-state index in [4.69, 9.17) is 0 Å². The van der Waals surface area contributed by atoms with Gasteiger partial charge in [-0.25, -0.2) is 12.4 Å². The van der Waals surface area contributed by atoms with Crippen LogP contribution in [0.15, 0.2) is 65.7 Å². The minimum Gasteiger partial charge on any atom is -0.325 e. The molecule has 0 aliphatic rings. The van der Waals surface area contributed by atoms with Crippen LogP contribution in [0.3, 0.4) is 0 Å². The number of fused-ring (bicyclic) bond motifs is 1. The van der Waals surface area contributed by atoms with Gasteiger partial charge in [0.1, 0.15) is 0 Å². The zero-order chi connectivity index (χ0) is 16.4. The largest absolute Gasteiger partial charge is 0.325 e. The first-order chi connectivity index (χ1) is 11.0. The standard InChI is InChI=1S/C16H14N2O3S2/c19-16(11-22)17-13-6-7-15-12(10-13)8-9-18(15)23(20,21)14-4-2-1-3-5-14/h1-10,22H,11H2,(H,17,19). The van der Waals surface area contributed by atoms with Crippen LogP contribution in [0.25, 0.3) is 10.9 Å². The summed E-state index contributed by atoms with van der Waals surface area (Å²) in [5.41, 5.74) is 1.16. The molecule has 0 saturated heterocycles. The van der Waals surface area contributed by atoms with Crippen LogP contribution in [-0.2, 0) is 14.8 Å². The normalized spacial score (nSPS) is 11.5. The number of rotatable bonds is 4. The first-order valence-corrected chi connectivity index (χ1v) is 8.92. The average Bonchev–Trinajstić information content (AvgIpc) is 2.99. The zero-order valence-electron chi connectivity index (χ0n) is 12.0. The molecule has 23 heavy (non-hydrogen) atoms. The molecule has 118 valence electrons. The molecule has 3 rings (SSSR count). The number of carbonyl (C=O) groups is 1. The third kappa shape index (κ3) is 2.97. The van der Waals surface area contributed by atoms with Gasteiger partial charge in [-0.15, -0.1) is 0 Å². The van der Waals surface area contributed by atoms with Crippen LogP contribution in [0, 0.1) is 0 Å². The van der Waals surface area contributed by atoms with Gasteiger partial charge in [0.05, 0.1) is 16.2 Å². The molecule has 0 saturated carbocycles. The fourth-order valence-corrected chi connectivity index (χ4v) is 3.76. The Kier molecular flexibility index (Phi) is 4.14. The number of nitrogens with zero attached hydrogens (tertiary/aromatic N) is 1. The number of thiol groups is 1. The summed E-state index contributed by atoms with van der Waals surface area (Å²) in [6, 6.07) is 15.0. The second kappa shape index (κ2) is 6.10. The van der Waals surface area contributed by atoms with Gasteiger partial charge in [-0.1, -0.05) is 18.2 Å². The number of anilines is 1. The minimum atomic E-state index is -3.65. The summed E-state index contributed by atoms with van der Waals surface area (Å²) >= 11 is 3.91. The SMILES string of the molecule is O=C(CS)Nc1ccc2c(ccn2S(=O)(=O)c2ccccc2)c1. The molecule has 0 fully saturated rings. The highest BCUT2D eigenvalue weighted by Crippen LogP contribution is 2.24. The molecular weight excluding hydrogens is 332 g/mol. The fraction of sp³-hybridized carbons (Fsp3) is 0.0625. The molecule has 1 heterocycles. The first-order valence-electron chi connectivity index (χ1n) is 6.85. The van der Waals surface area contributed by atoms with Gasteiger partial charge in [0.25, 0.3) is 10.0 Å². The van der Waals surface area contributed by atoms with Crippen molar-refractivity contribution in [1.82, 2.24) is 3.97 Å². The van der Waals surface area contributed by atoms with Crippen LogP contribution >= 0.6 is 12.6 Å². The van der Waals surface area contributed by atoms with Crippen molar-refractivity contribution in [2.45, 2.75) is 4.90 Å². The van der Waals surface area contributed by atoms with E-state index in [1.165, 1.54) is 10.2 Å². The number of benzene rings is 2. The summed E-state index contributed by atoms with van der Waals surface area (Å²) in [5.74, 6) is -0.134. The van der Waals surface area contributed by atoms with Crippen molar-refractivity contribution < 1.29 is 13.2 Å². The van der Waals surface area contributed by atoms with E-state index in [0.717, 1.165) is 5.39 Å². The average molecular weight is 346 g/mol. The van der Waals surface area contributed by atoms with Crippen LogP contribution in [0.1, 0.15) is 0 Å². The molecule has 0 unspecified atom stereocenters. The van der Waals surface area contributed by atoms with Crippen molar-refractivity contribution in [1.29, 1.82) is 0 Å². The highest BCUT2D eigenvalue weighted by atomic mass is 32.2. The maximum Gasteiger partial charge on any atom is 0.268 e. The second-order valence-corrected chi connectivity index (χ2v) is 7.04. The summed E-state index contributed by atoms with van der Waals surface area (Å²) in [6.45, 7) is 0. The van der Waals surface area contributed by atoms with Crippen molar-refractivity contribution in [3.05, 3.63) is 60.8 Å². The summed E-state index contributed by atoms with van der Waals surface area (Å²) in [7, 11) is -3.65.